The standard InChI is InChI=1S/C18H26FN5O2/c1-11-14(12(2)23-22-11)6-7-24(3)18(25)10-26-9-17-20-15-5-4-13(19)8-16(15)21-17/h4-5,8,11-12,14,22-23H,6-7,9-10H2,1-3H3,(H,20,21). The number of carbonyl (C=O) groups is 1. The van der Waals surface area contributed by atoms with Crippen LogP contribution >= 0.6 is 0 Å². The highest BCUT2D eigenvalue weighted by Gasteiger charge is 2.29. The molecular formula is C18H26FN5O2. The molecule has 1 aliphatic heterocycles. The highest BCUT2D eigenvalue weighted by molar-refractivity contribution is 5.77. The molecule has 1 aromatic heterocycles. The number of nitrogens with zero attached hydrogens (tertiary/aromatic N) is 2. The minimum atomic E-state index is -0.318. The third-order valence-corrected chi connectivity index (χ3v) is 5.00. The molecule has 3 N–H and O–H groups in total. The zero-order chi connectivity index (χ0) is 18.7. The van der Waals surface area contributed by atoms with Crippen molar-refractivity contribution in [2.24, 2.45) is 5.92 Å². The van der Waals surface area contributed by atoms with Crippen LogP contribution in [-0.2, 0) is 16.1 Å². The number of hydrogen-bond acceptors (Lipinski definition) is 5. The number of aromatic amines is 1. The summed E-state index contributed by atoms with van der Waals surface area (Å²) >= 11 is 0. The average Bonchev–Trinajstić information content (AvgIpc) is 3.15. The van der Waals surface area contributed by atoms with Crippen molar-refractivity contribution in [1.29, 1.82) is 0 Å². The molecule has 2 aromatic rings. The Balaban J connectivity index is 1.42. The fourth-order valence-electron chi connectivity index (χ4n) is 3.33. The molecular weight excluding hydrogens is 337 g/mol. The number of likely N-dealkylation sites (N-methyl/N-ethyl adjacent to an activating group) is 1. The number of benzene rings is 1. The van der Waals surface area contributed by atoms with E-state index in [0.717, 1.165) is 6.42 Å². The summed E-state index contributed by atoms with van der Waals surface area (Å²) in [6, 6.07) is 5.15. The van der Waals surface area contributed by atoms with Gasteiger partial charge in [0.05, 0.1) is 11.0 Å². The molecule has 0 bridgehead atoms. The van der Waals surface area contributed by atoms with Crippen molar-refractivity contribution in [3.8, 4) is 0 Å². The molecule has 0 spiro atoms. The molecule has 2 atom stereocenters. The lowest BCUT2D eigenvalue weighted by Gasteiger charge is -2.22. The van der Waals surface area contributed by atoms with Gasteiger partial charge in [0.1, 0.15) is 24.9 Å². The fraction of sp³-hybridized carbons (Fsp3) is 0.556. The van der Waals surface area contributed by atoms with Crippen LogP contribution in [0.5, 0.6) is 0 Å². The Morgan fingerprint density at radius 2 is 2.04 bits per heavy atom. The van der Waals surface area contributed by atoms with Gasteiger partial charge in [-0.15, -0.1) is 0 Å². The van der Waals surface area contributed by atoms with Crippen LogP contribution in [0.2, 0.25) is 0 Å². The number of aromatic nitrogens is 2. The lowest BCUT2D eigenvalue weighted by atomic mass is 9.93. The van der Waals surface area contributed by atoms with Gasteiger partial charge in [0.2, 0.25) is 5.91 Å². The van der Waals surface area contributed by atoms with Gasteiger partial charge in [0.25, 0.3) is 0 Å². The van der Waals surface area contributed by atoms with Crippen molar-refractivity contribution >= 4 is 16.9 Å². The van der Waals surface area contributed by atoms with E-state index in [1.165, 1.54) is 12.1 Å². The first-order valence-electron chi connectivity index (χ1n) is 8.91. The maximum atomic E-state index is 13.2. The number of carbonyl (C=O) groups excluding carboxylic acids is 1. The van der Waals surface area contributed by atoms with Gasteiger partial charge in [0.15, 0.2) is 0 Å². The number of rotatable bonds is 7. The molecule has 1 aromatic carbocycles. The molecule has 2 heterocycles. The predicted octanol–water partition coefficient (Wildman–Crippen LogP) is 1.57. The number of hydrogen-bond donors (Lipinski definition) is 3. The maximum Gasteiger partial charge on any atom is 0.248 e. The summed E-state index contributed by atoms with van der Waals surface area (Å²) < 4.78 is 18.7. The summed E-state index contributed by atoms with van der Waals surface area (Å²) in [6.45, 7) is 5.15. The fourth-order valence-corrected chi connectivity index (χ4v) is 3.33. The van der Waals surface area contributed by atoms with E-state index in [0.29, 0.717) is 41.4 Å². The Morgan fingerprint density at radius 1 is 1.31 bits per heavy atom. The van der Waals surface area contributed by atoms with Crippen LogP contribution in [0.3, 0.4) is 0 Å². The highest BCUT2D eigenvalue weighted by atomic mass is 19.1. The Morgan fingerprint density at radius 3 is 2.77 bits per heavy atom. The van der Waals surface area contributed by atoms with Crippen LogP contribution in [0, 0.1) is 11.7 Å². The van der Waals surface area contributed by atoms with Crippen LogP contribution in [0.25, 0.3) is 11.0 Å². The van der Waals surface area contributed by atoms with Crippen molar-refractivity contribution in [2.45, 2.75) is 39.0 Å². The number of fused-ring (bicyclic) bond motifs is 1. The zero-order valence-electron chi connectivity index (χ0n) is 15.4. The van der Waals surface area contributed by atoms with E-state index in [2.05, 4.69) is 34.7 Å². The normalized spacial score (nSPS) is 22.8. The molecule has 1 aliphatic rings. The first-order chi connectivity index (χ1) is 12.4. The number of ether oxygens (including phenoxy) is 1. The Hall–Kier alpha value is -2.03. The van der Waals surface area contributed by atoms with Crippen molar-refractivity contribution in [3.05, 3.63) is 29.8 Å². The molecule has 26 heavy (non-hydrogen) atoms. The first kappa shape index (κ1) is 18.8. The van der Waals surface area contributed by atoms with E-state index >= 15 is 0 Å². The van der Waals surface area contributed by atoms with E-state index in [-0.39, 0.29) is 24.9 Å². The Bertz CT molecular complexity index is 755. The molecule has 2 unspecified atom stereocenters. The lowest BCUT2D eigenvalue weighted by Crippen LogP contribution is -2.34. The lowest BCUT2D eigenvalue weighted by molar-refractivity contribution is -0.135. The molecule has 1 saturated heterocycles. The second-order valence-electron chi connectivity index (χ2n) is 6.97. The number of halogens is 1. The summed E-state index contributed by atoms with van der Waals surface area (Å²) in [6.07, 6.45) is 0.930. The van der Waals surface area contributed by atoms with Crippen molar-refractivity contribution in [1.82, 2.24) is 25.7 Å². The van der Waals surface area contributed by atoms with Gasteiger partial charge in [0, 0.05) is 25.7 Å². The SMILES string of the molecule is CC1NNC(C)C1CCN(C)C(=O)COCc1nc2ccc(F)cc2[nH]1. The van der Waals surface area contributed by atoms with Gasteiger partial charge >= 0.3 is 0 Å². The van der Waals surface area contributed by atoms with E-state index < -0.39 is 0 Å². The second-order valence-corrected chi connectivity index (χ2v) is 6.97. The maximum absolute atomic E-state index is 13.2. The predicted molar refractivity (Wildman–Crippen MR) is 96.6 cm³/mol. The zero-order valence-corrected chi connectivity index (χ0v) is 15.4. The van der Waals surface area contributed by atoms with E-state index in [4.69, 9.17) is 4.74 Å². The number of hydrazine groups is 1. The van der Waals surface area contributed by atoms with Crippen molar-refractivity contribution in [3.63, 3.8) is 0 Å². The molecule has 3 rings (SSSR count). The van der Waals surface area contributed by atoms with Crippen LogP contribution in [0.1, 0.15) is 26.1 Å². The van der Waals surface area contributed by atoms with Crippen LogP contribution in [0.15, 0.2) is 18.2 Å². The van der Waals surface area contributed by atoms with Gasteiger partial charge in [-0.1, -0.05) is 0 Å². The largest absolute Gasteiger partial charge is 0.364 e. The first-order valence-corrected chi connectivity index (χ1v) is 8.91. The average molecular weight is 363 g/mol. The second kappa shape index (κ2) is 8.11. The summed E-state index contributed by atoms with van der Waals surface area (Å²) in [5.74, 6) is 0.682. The van der Waals surface area contributed by atoms with Crippen molar-refractivity contribution < 1.29 is 13.9 Å². The van der Waals surface area contributed by atoms with Gasteiger partial charge in [-0.25, -0.2) is 9.37 Å². The van der Waals surface area contributed by atoms with Gasteiger partial charge < -0.3 is 14.6 Å². The molecule has 142 valence electrons. The summed E-state index contributed by atoms with van der Waals surface area (Å²) in [7, 11) is 1.79. The minimum absolute atomic E-state index is 0.00577. The third-order valence-electron chi connectivity index (χ3n) is 5.00. The molecule has 0 aliphatic carbocycles. The monoisotopic (exact) mass is 363 g/mol. The topological polar surface area (TPSA) is 82.3 Å². The number of nitrogens with one attached hydrogen (secondary N) is 3. The molecule has 0 saturated carbocycles. The van der Waals surface area contributed by atoms with E-state index in [1.54, 1.807) is 18.0 Å². The minimum Gasteiger partial charge on any atom is -0.364 e. The van der Waals surface area contributed by atoms with Crippen LogP contribution in [0.4, 0.5) is 4.39 Å². The van der Waals surface area contributed by atoms with E-state index in [9.17, 15) is 9.18 Å². The number of amides is 1. The van der Waals surface area contributed by atoms with Crippen LogP contribution in [-0.4, -0.2) is 53.1 Å². The van der Waals surface area contributed by atoms with Gasteiger partial charge in [-0.05, 0) is 44.4 Å². The van der Waals surface area contributed by atoms with E-state index in [1.807, 2.05) is 0 Å². The molecule has 7 nitrogen and oxygen atoms in total. The molecule has 0 radical (unpaired) electrons. The molecule has 8 heteroatoms. The van der Waals surface area contributed by atoms with Crippen LogP contribution < -0.4 is 10.9 Å². The summed E-state index contributed by atoms with van der Waals surface area (Å²) in [5.41, 5.74) is 7.75. The Kier molecular flexibility index (Phi) is 5.85. The summed E-state index contributed by atoms with van der Waals surface area (Å²) in [4.78, 5) is 21.2. The number of H-pyrrole nitrogens is 1. The number of imidazole rings is 1. The van der Waals surface area contributed by atoms with Gasteiger partial charge in [-0.3, -0.25) is 15.6 Å². The van der Waals surface area contributed by atoms with Crippen molar-refractivity contribution in [2.75, 3.05) is 20.2 Å². The highest BCUT2D eigenvalue weighted by Crippen LogP contribution is 2.18. The third kappa shape index (κ3) is 4.38. The smallest absolute Gasteiger partial charge is 0.248 e. The Labute approximate surface area is 152 Å². The molecule has 1 fully saturated rings. The quantitative estimate of drug-likeness (QED) is 0.696. The van der Waals surface area contributed by atoms with Gasteiger partial charge in [-0.2, -0.15) is 0 Å². The summed E-state index contributed by atoms with van der Waals surface area (Å²) in [5, 5.41) is 0. The molecule has 1 amide bonds.